The molecule has 2 rings (SSSR count). The Bertz CT molecular complexity index is 289. The van der Waals surface area contributed by atoms with Gasteiger partial charge in [-0.2, -0.15) is 0 Å². The van der Waals surface area contributed by atoms with Crippen LogP contribution in [0.3, 0.4) is 0 Å². The van der Waals surface area contributed by atoms with Gasteiger partial charge >= 0.3 is 0 Å². The van der Waals surface area contributed by atoms with Crippen molar-refractivity contribution in [1.29, 1.82) is 0 Å². The van der Waals surface area contributed by atoms with Crippen molar-refractivity contribution in [3.05, 3.63) is 0 Å². The molecule has 1 saturated carbocycles. The summed E-state index contributed by atoms with van der Waals surface area (Å²) in [6.45, 7) is 7.99. The Kier molecular flexibility index (Phi) is 5.64. The monoisotopic (exact) mass is 267 g/mol. The van der Waals surface area contributed by atoms with Crippen LogP contribution < -0.4 is 10.6 Å². The predicted molar refractivity (Wildman–Crippen MR) is 78.1 cm³/mol. The third-order valence-electron chi connectivity index (χ3n) is 4.36. The van der Waals surface area contributed by atoms with Gasteiger partial charge in [-0.05, 0) is 25.2 Å². The van der Waals surface area contributed by atoms with E-state index in [4.69, 9.17) is 0 Å². The van der Waals surface area contributed by atoms with Crippen LogP contribution in [0.25, 0.3) is 0 Å². The Hall–Kier alpha value is -0.610. The zero-order valence-electron chi connectivity index (χ0n) is 12.5. The number of carbonyl (C=O) groups is 1. The third-order valence-corrected chi connectivity index (χ3v) is 4.36. The molecule has 2 aliphatic rings. The largest absolute Gasteiger partial charge is 0.355 e. The molecule has 1 amide bonds. The fraction of sp³-hybridized carbons (Fsp3) is 0.933. The Morgan fingerprint density at radius 3 is 2.63 bits per heavy atom. The molecule has 19 heavy (non-hydrogen) atoms. The zero-order valence-corrected chi connectivity index (χ0v) is 12.5. The van der Waals surface area contributed by atoms with Crippen LogP contribution in [0.4, 0.5) is 0 Å². The summed E-state index contributed by atoms with van der Waals surface area (Å²) in [6, 6.07) is 1.40. The van der Waals surface area contributed by atoms with Crippen LogP contribution in [0.15, 0.2) is 0 Å². The van der Waals surface area contributed by atoms with E-state index in [1.54, 1.807) is 6.92 Å². The second-order valence-corrected chi connectivity index (χ2v) is 6.43. The lowest BCUT2D eigenvalue weighted by atomic mass is 9.95. The summed E-state index contributed by atoms with van der Waals surface area (Å²) in [7, 11) is 0. The molecule has 1 aliphatic carbocycles. The maximum atomic E-state index is 10.9. The van der Waals surface area contributed by atoms with Crippen LogP contribution in [-0.2, 0) is 4.79 Å². The number of amides is 1. The van der Waals surface area contributed by atoms with E-state index >= 15 is 0 Å². The van der Waals surface area contributed by atoms with Crippen molar-refractivity contribution in [2.75, 3.05) is 26.2 Å². The molecule has 0 aromatic carbocycles. The van der Waals surface area contributed by atoms with E-state index in [-0.39, 0.29) is 5.91 Å². The first-order valence-corrected chi connectivity index (χ1v) is 7.86. The SMILES string of the molecule is CC(=O)NCCN1CC(C)CC(NC2CCCC2)C1. The number of carbonyl (C=O) groups excluding carboxylic acids is 1. The number of hydrogen-bond donors (Lipinski definition) is 2. The lowest BCUT2D eigenvalue weighted by Crippen LogP contribution is -2.52. The molecule has 1 heterocycles. The average molecular weight is 267 g/mol. The van der Waals surface area contributed by atoms with Crippen LogP contribution in [0.1, 0.15) is 46.0 Å². The van der Waals surface area contributed by atoms with Crippen molar-refractivity contribution in [3.63, 3.8) is 0 Å². The van der Waals surface area contributed by atoms with Gasteiger partial charge in [0.15, 0.2) is 0 Å². The molecule has 0 spiro atoms. The minimum Gasteiger partial charge on any atom is -0.355 e. The minimum absolute atomic E-state index is 0.0747. The van der Waals surface area contributed by atoms with E-state index < -0.39 is 0 Å². The van der Waals surface area contributed by atoms with Crippen molar-refractivity contribution >= 4 is 5.91 Å². The summed E-state index contributed by atoms with van der Waals surface area (Å²) >= 11 is 0. The summed E-state index contributed by atoms with van der Waals surface area (Å²) < 4.78 is 0. The molecule has 0 aromatic heterocycles. The molecule has 1 saturated heterocycles. The Morgan fingerprint density at radius 2 is 1.95 bits per heavy atom. The molecule has 0 aromatic rings. The van der Waals surface area contributed by atoms with Crippen LogP contribution in [-0.4, -0.2) is 49.1 Å². The van der Waals surface area contributed by atoms with Crippen molar-refractivity contribution < 1.29 is 4.79 Å². The Morgan fingerprint density at radius 1 is 1.21 bits per heavy atom. The van der Waals surface area contributed by atoms with E-state index in [1.807, 2.05) is 0 Å². The third kappa shape index (κ3) is 5.11. The van der Waals surface area contributed by atoms with Gasteiger partial charge in [0, 0.05) is 45.2 Å². The smallest absolute Gasteiger partial charge is 0.216 e. The minimum atomic E-state index is 0.0747. The van der Waals surface area contributed by atoms with Crippen molar-refractivity contribution in [2.24, 2.45) is 5.92 Å². The fourth-order valence-electron chi connectivity index (χ4n) is 3.58. The summed E-state index contributed by atoms with van der Waals surface area (Å²) in [5.41, 5.74) is 0. The molecular weight excluding hydrogens is 238 g/mol. The van der Waals surface area contributed by atoms with E-state index in [0.29, 0.717) is 6.04 Å². The molecule has 2 N–H and O–H groups in total. The maximum absolute atomic E-state index is 10.9. The number of piperidine rings is 1. The molecule has 0 bridgehead atoms. The molecule has 4 heteroatoms. The van der Waals surface area contributed by atoms with E-state index in [1.165, 1.54) is 38.6 Å². The number of hydrogen-bond acceptors (Lipinski definition) is 3. The van der Waals surface area contributed by atoms with E-state index in [0.717, 1.165) is 31.6 Å². The Balaban J connectivity index is 1.73. The summed E-state index contributed by atoms with van der Waals surface area (Å²) in [6.07, 6.45) is 6.80. The van der Waals surface area contributed by atoms with Crippen LogP contribution in [0, 0.1) is 5.92 Å². The van der Waals surface area contributed by atoms with Crippen LogP contribution >= 0.6 is 0 Å². The van der Waals surface area contributed by atoms with Gasteiger partial charge in [-0.1, -0.05) is 19.8 Å². The average Bonchev–Trinajstić information content (AvgIpc) is 2.80. The lowest BCUT2D eigenvalue weighted by Gasteiger charge is -2.38. The molecular formula is C15H29N3O. The number of likely N-dealkylation sites (tertiary alicyclic amines) is 1. The first-order chi connectivity index (χ1) is 9.13. The predicted octanol–water partition coefficient (Wildman–Crippen LogP) is 1.37. The summed E-state index contributed by atoms with van der Waals surface area (Å²) in [4.78, 5) is 13.4. The first-order valence-electron chi connectivity index (χ1n) is 7.86. The van der Waals surface area contributed by atoms with Gasteiger partial charge in [0.25, 0.3) is 0 Å². The number of nitrogens with one attached hydrogen (secondary N) is 2. The van der Waals surface area contributed by atoms with Gasteiger partial charge in [0.1, 0.15) is 0 Å². The quantitative estimate of drug-likeness (QED) is 0.790. The fourth-order valence-corrected chi connectivity index (χ4v) is 3.58. The van der Waals surface area contributed by atoms with Crippen molar-refractivity contribution in [3.8, 4) is 0 Å². The van der Waals surface area contributed by atoms with Crippen molar-refractivity contribution in [1.82, 2.24) is 15.5 Å². The summed E-state index contributed by atoms with van der Waals surface area (Å²) in [5.74, 6) is 0.829. The highest BCUT2D eigenvalue weighted by molar-refractivity contribution is 5.72. The van der Waals surface area contributed by atoms with Gasteiger partial charge in [0.05, 0.1) is 0 Å². The Labute approximate surface area is 117 Å². The highest BCUT2D eigenvalue weighted by Crippen LogP contribution is 2.22. The van der Waals surface area contributed by atoms with Gasteiger partial charge in [-0.15, -0.1) is 0 Å². The molecule has 110 valence electrons. The second kappa shape index (κ2) is 7.25. The maximum Gasteiger partial charge on any atom is 0.216 e. The first kappa shape index (κ1) is 14.8. The highest BCUT2D eigenvalue weighted by atomic mass is 16.1. The molecule has 1 aliphatic heterocycles. The normalized spacial score (nSPS) is 29.6. The van der Waals surface area contributed by atoms with Gasteiger partial charge in [0.2, 0.25) is 5.91 Å². The van der Waals surface area contributed by atoms with Crippen LogP contribution in [0.5, 0.6) is 0 Å². The van der Waals surface area contributed by atoms with Gasteiger partial charge < -0.3 is 10.6 Å². The molecule has 2 atom stereocenters. The molecule has 2 unspecified atom stereocenters. The molecule has 2 fully saturated rings. The standard InChI is InChI=1S/C15H29N3O/c1-12-9-15(17-14-5-3-4-6-14)11-18(10-12)8-7-16-13(2)19/h12,14-15,17H,3-11H2,1-2H3,(H,16,19). The molecule has 0 radical (unpaired) electrons. The topological polar surface area (TPSA) is 44.4 Å². The number of nitrogens with zero attached hydrogens (tertiary/aromatic N) is 1. The van der Waals surface area contributed by atoms with Crippen LogP contribution in [0.2, 0.25) is 0 Å². The lowest BCUT2D eigenvalue weighted by molar-refractivity contribution is -0.119. The zero-order chi connectivity index (χ0) is 13.7. The van der Waals surface area contributed by atoms with E-state index in [9.17, 15) is 4.79 Å². The van der Waals surface area contributed by atoms with Gasteiger partial charge in [-0.3, -0.25) is 9.69 Å². The highest BCUT2D eigenvalue weighted by Gasteiger charge is 2.27. The second-order valence-electron chi connectivity index (χ2n) is 6.43. The van der Waals surface area contributed by atoms with Crippen molar-refractivity contribution in [2.45, 2.75) is 58.0 Å². The summed E-state index contributed by atoms with van der Waals surface area (Å²) in [5, 5.41) is 6.74. The van der Waals surface area contributed by atoms with E-state index in [2.05, 4.69) is 22.5 Å². The molecule has 4 nitrogen and oxygen atoms in total. The number of rotatable bonds is 5. The van der Waals surface area contributed by atoms with Gasteiger partial charge in [-0.25, -0.2) is 0 Å².